The molecular weight excluding hydrogens is 338 g/mol. The molecule has 2 heterocycles. The average Bonchev–Trinajstić information content (AvgIpc) is 3.04. The van der Waals surface area contributed by atoms with E-state index in [1.54, 1.807) is 10.4 Å². The summed E-state index contributed by atoms with van der Waals surface area (Å²) >= 11 is 7.52. The van der Waals surface area contributed by atoms with Gasteiger partial charge in [-0.2, -0.15) is 0 Å². The molecular formula is C15H18BrNS2. The lowest BCUT2D eigenvalue weighted by Crippen LogP contribution is -2.21. The van der Waals surface area contributed by atoms with Crippen molar-refractivity contribution in [3.8, 4) is 0 Å². The summed E-state index contributed by atoms with van der Waals surface area (Å²) in [6, 6.07) is 5.06. The summed E-state index contributed by atoms with van der Waals surface area (Å²) in [5, 5.41) is 5.81. The molecule has 0 spiro atoms. The Morgan fingerprint density at radius 1 is 1.42 bits per heavy atom. The number of aryl methyl sites for hydroxylation is 2. The SMILES string of the molecule is CCNC(Cc1sccc1Br)c1cc2c(s1)CCC2. The Labute approximate surface area is 131 Å². The first-order chi connectivity index (χ1) is 9.28. The molecule has 1 N–H and O–H groups in total. The van der Waals surface area contributed by atoms with Gasteiger partial charge in [-0.1, -0.05) is 6.92 Å². The minimum absolute atomic E-state index is 0.468. The predicted molar refractivity (Wildman–Crippen MR) is 88.5 cm³/mol. The van der Waals surface area contributed by atoms with E-state index in [0.717, 1.165) is 13.0 Å². The fraction of sp³-hybridized carbons (Fsp3) is 0.467. The van der Waals surface area contributed by atoms with Gasteiger partial charge in [0.1, 0.15) is 0 Å². The Morgan fingerprint density at radius 2 is 2.32 bits per heavy atom. The Hall–Kier alpha value is -0.160. The van der Waals surface area contributed by atoms with Crippen LogP contribution in [0.3, 0.4) is 0 Å². The van der Waals surface area contributed by atoms with E-state index in [1.165, 1.54) is 33.5 Å². The van der Waals surface area contributed by atoms with Crippen LogP contribution in [0.4, 0.5) is 0 Å². The maximum absolute atomic E-state index is 3.65. The zero-order valence-electron chi connectivity index (χ0n) is 11.0. The van der Waals surface area contributed by atoms with Gasteiger partial charge in [0.25, 0.3) is 0 Å². The Morgan fingerprint density at radius 3 is 3.00 bits per heavy atom. The number of halogens is 1. The van der Waals surface area contributed by atoms with Crippen LogP contribution in [-0.4, -0.2) is 6.54 Å². The van der Waals surface area contributed by atoms with Gasteiger partial charge in [-0.15, -0.1) is 22.7 Å². The van der Waals surface area contributed by atoms with Crippen LogP contribution in [0.5, 0.6) is 0 Å². The molecule has 0 saturated carbocycles. The number of thiophene rings is 2. The van der Waals surface area contributed by atoms with Gasteiger partial charge >= 0.3 is 0 Å². The van der Waals surface area contributed by atoms with Crippen LogP contribution >= 0.6 is 38.6 Å². The lowest BCUT2D eigenvalue weighted by molar-refractivity contribution is 0.561. The van der Waals surface area contributed by atoms with Crippen LogP contribution in [0.15, 0.2) is 22.0 Å². The van der Waals surface area contributed by atoms with Gasteiger partial charge < -0.3 is 5.32 Å². The number of rotatable bonds is 5. The van der Waals surface area contributed by atoms with Crippen molar-refractivity contribution in [2.75, 3.05) is 6.54 Å². The summed E-state index contributed by atoms with van der Waals surface area (Å²) in [4.78, 5) is 4.59. The largest absolute Gasteiger partial charge is 0.309 e. The molecule has 19 heavy (non-hydrogen) atoms. The van der Waals surface area contributed by atoms with E-state index in [1.807, 2.05) is 22.7 Å². The quantitative estimate of drug-likeness (QED) is 0.799. The van der Waals surface area contributed by atoms with Crippen LogP contribution in [0.2, 0.25) is 0 Å². The second-order valence-electron chi connectivity index (χ2n) is 4.96. The van der Waals surface area contributed by atoms with Crippen molar-refractivity contribution in [3.63, 3.8) is 0 Å². The highest BCUT2D eigenvalue weighted by molar-refractivity contribution is 9.10. The maximum atomic E-state index is 3.65. The maximum Gasteiger partial charge on any atom is 0.0464 e. The average molecular weight is 356 g/mol. The number of likely N-dealkylation sites (N-methyl/N-ethyl adjacent to an activating group) is 1. The topological polar surface area (TPSA) is 12.0 Å². The van der Waals surface area contributed by atoms with E-state index in [-0.39, 0.29) is 0 Å². The molecule has 1 aliphatic carbocycles. The lowest BCUT2D eigenvalue weighted by Gasteiger charge is -2.16. The van der Waals surface area contributed by atoms with Crippen molar-refractivity contribution >= 4 is 38.6 Å². The van der Waals surface area contributed by atoms with Crippen molar-refractivity contribution in [1.82, 2.24) is 5.32 Å². The Kier molecular flexibility index (Phi) is 4.42. The molecule has 3 rings (SSSR count). The van der Waals surface area contributed by atoms with Gasteiger partial charge in [-0.25, -0.2) is 0 Å². The summed E-state index contributed by atoms with van der Waals surface area (Å²) < 4.78 is 1.25. The third-order valence-electron chi connectivity index (χ3n) is 3.64. The number of fused-ring (bicyclic) bond motifs is 1. The molecule has 0 aromatic carbocycles. The first kappa shape index (κ1) is 13.8. The third-order valence-corrected chi connectivity index (χ3v) is 6.94. The number of hydrogen-bond acceptors (Lipinski definition) is 3. The molecule has 2 aromatic rings. The molecule has 0 amide bonds. The summed E-state index contributed by atoms with van der Waals surface area (Å²) in [6.45, 7) is 3.22. The molecule has 102 valence electrons. The fourth-order valence-electron chi connectivity index (χ4n) is 2.70. The highest BCUT2D eigenvalue weighted by Gasteiger charge is 2.20. The van der Waals surface area contributed by atoms with E-state index in [0.29, 0.717) is 6.04 Å². The van der Waals surface area contributed by atoms with Gasteiger partial charge in [-0.3, -0.25) is 0 Å². The first-order valence-corrected chi connectivity index (χ1v) is 9.33. The standard InChI is InChI=1S/C15H18BrNS2/c1-2-17-12(9-14-11(16)6-7-18-14)15-8-10-4-3-5-13(10)19-15/h6-8,12,17H,2-5,9H2,1H3. The summed E-state index contributed by atoms with van der Waals surface area (Å²) in [6.07, 6.45) is 5.02. The minimum Gasteiger partial charge on any atom is -0.309 e. The van der Waals surface area contributed by atoms with Gasteiger partial charge in [0.2, 0.25) is 0 Å². The van der Waals surface area contributed by atoms with E-state index >= 15 is 0 Å². The second-order valence-corrected chi connectivity index (χ2v) is 7.98. The Bertz CT molecular complexity index is 537. The Balaban J connectivity index is 1.81. The van der Waals surface area contributed by atoms with E-state index in [9.17, 15) is 0 Å². The molecule has 4 heteroatoms. The van der Waals surface area contributed by atoms with E-state index < -0.39 is 0 Å². The molecule has 0 bridgehead atoms. The van der Waals surface area contributed by atoms with Crippen LogP contribution in [0, 0.1) is 0 Å². The van der Waals surface area contributed by atoms with Crippen LogP contribution in [-0.2, 0) is 19.3 Å². The van der Waals surface area contributed by atoms with Crippen molar-refractivity contribution in [2.45, 2.75) is 38.6 Å². The lowest BCUT2D eigenvalue weighted by atomic mass is 10.1. The highest BCUT2D eigenvalue weighted by Crippen LogP contribution is 2.36. The van der Waals surface area contributed by atoms with E-state index in [2.05, 4.69) is 45.7 Å². The van der Waals surface area contributed by atoms with Crippen molar-refractivity contribution < 1.29 is 0 Å². The number of nitrogens with one attached hydrogen (secondary N) is 1. The van der Waals surface area contributed by atoms with Gasteiger partial charge in [-0.05, 0) is 64.8 Å². The van der Waals surface area contributed by atoms with Crippen LogP contribution < -0.4 is 5.32 Å². The first-order valence-electron chi connectivity index (χ1n) is 6.84. The van der Waals surface area contributed by atoms with E-state index in [4.69, 9.17) is 0 Å². The molecule has 2 aromatic heterocycles. The molecule has 0 radical (unpaired) electrons. The summed E-state index contributed by atoms with van der Waals surface area (Å²) in [5.41, 5.74) is 1.60. The monoisotopic (exact) mass is 355 g/mol. The molecule has 1 atom stereocenters. The van der Waals surface area contributed by atoms with Crippen molar-refractivity contribution in [2.24, 2.45) is 0 Å². The van der Waals surface area contributed by atoms with Crippen molar-refractivity contribution in [3.05, 3.63) is 42.2 Å². The molecule has 0 aliphatic heterocycles. The van der Waals surface area contributed by atoms with Gasteiger partial charge in [0, 0.05) is 31.6 Å². The third kappa shape index (κ3) is 2.97. The smallest absolute Gasteiger partial charge is 0.0464 e. The summed E-state index contributed by atoms with van der Waals surface area (Å²) in [5.74, 6) is 0. The summed E-state index contributed by atoms with van der Waals surface area (Å²) in [7, 11) is 0. The number of hydrogen-bond donors (Lipinski definition) is 1. The van der Waals surface area contributed by atoms with Gasteiger partial charge in [0.05, 0.1) is 0 Å². The van der Waals surface area contributed by atoms with Crippen molar-refractivity contribution in [1.29, 1.82) is 0 Å². The normalized spacial score (nSPS) is 15.7. The fourth-order valence-corrected chi connectivity index (χ4v) is 5.59. The minimum atomic E-state index is 0.468. The van der Waals surface area contributed by atoms with Crippen LogP contribution in [0.1, 0.15) is 39.6 Å². The molecule has 1 nitrogen and oxygen atoms in total. The van der Waals surface area contributed by atoms with Gasteiger partial charge in [0.15, 0.2) is 0 Å². The zero-order valence-corrected chi connectivity index (χ0v) is 14.3. The predicted octanol–water partition coefficient (Wildman–Crippen LogP) is 4.95. The molecule has 1 unspecified atom stereocenters. The second kappa shape index (κ2) is 6.08. The highest BCUT2D eigenvalue weighted by atomic mass is 79.9. The zero-order chi connectivity index (χ0) is 13.2. The van der Waals surface area contributed by atoms with Crippen LogP contribution in [0.25, 0.3) is 0 Å². The molecule has 0 saturated heterocycles. The molecule has 0 fully saturated rings. The molecule has 1 aliphatic rings.